The van der Waals surface area contributed by atoms with Crippen LogP contribution in [0, 0.1) is 11.8 Å². The lowest BCUT2D eigenvalue weighted by Crippen LogP contribution is -1.95. The second-order valence-corrected chi connectivity index (χ2v) is 3.87. The van der Waals surface area contributed by atoms with E-state index in [-0.39, 0.29) is 0 Å². The van der Waals surface area contributed by atoms with Gasteiger partial charge < -0.3 is 4.74 Å². The average Bonchev–Trinajstić information content (AvgIpc) is 2.44. The molecule has 0 amide bonds. The van der Waals surface area contributed by atoms with E-state index in [0.717, 1.165) is 16.9 Å². The number of nitrogens with zero attached hydrogens (tertiary/aromatic N) is 1. The SMILES string of the molecule is ClCC#Cc1cccc(OCc2ccncc2)c1. The Hall–Kier alpha value is -1.98. The van der Waals surface area contributed by atoms with Gasteiger partial charge in [0.1, 0.15) is 12.4 Å². The molecule has 0 bridgehead atoms. The van der Waals surface area contributed by atoms with Crippen LogP contribution >= 0.6 is 11.6 Å². The van der Waals surface area contributed by atoms with Gasteiger partial charge in [-0.25, -0.2) is 0 Å². The first-order valence-corrected chi connectivity index (χ1v) is 6.08. The van der Waals surface area contributed by atoms with E-state index >= 15 is 0 Å². The molecule has 2 aromatic rings. The highest BCUT2D eigenvalue weighted by Crippen LogP contribution is 2.14. The molecule has 18 heavy (non-hydrogen) atoms. The third-order valence-electron chi connectivity index (χ3n) is 2.29. The van der Waals surface area contributed by atoms with Crippen molar-refractivity contribution in [1.29, 1.82) is 0 Å². The van der Waals surface area contributed by atoms with E-state index < -0.39 is 0 Å². The number of alkyl halides is 1. The summed E-state index contributed by atoms with van der Waals surface area (Å²) in [6.07, 6.45) is 3.50. The van der Waals surface area contributed by atoms with E-state index in [2.05, 4.69) is 16.8 Å². The minimum Gasteiger partial charge on any atom is -0.489 e. The van der Waals surface area contributed by atoms with Gasteiger partial charge in [-0.05, 0) is 35.9 Å². The van der Waals surface area contributed by atoms with Crippen molar-refractivity contribution >= 4 is 11.6 Å². The summed E-state index contributed by atoms with van der Waals surface area (Å²) in [7, 11) is 0. The van der Waals surface area contributed by atoms with E-state index in [1.54, 1.807) is 12.4 Å². The van der Waals surface area contributed by atoms with Crippen molar-refractivity contribution in [2.24, 2.45) is 0 Å². The number of rotatable bonds is 3. The van der Waals surface area contributed by atoms with Crippen LogP contribution in [0.25, 0.3) is 0 Å². The van der Waals surface area contributed by atoms with Crippen molar-refractivity contribution in [3.8, 4) is 17.6 Å². The Morgan fingerprint density at radius 2 is 2.00 bits per heavy atom. The molecule has 0 aliphatic heterocycles. The smallest absolute Gasteiger partial charge is 0.121 e. The molecular weight excluding hydrogens is 246 g/mol. The fraction of sp³-hybridized carbons (Fsp3) is 0.133. The van der Waals surface area contributed by atoms with Gasteiger partial charge >= 0.3 is 0 Å². The highest BCUT2D eigenvalue weighted by molar-refractivity contribution is 6.19. The number of hydrogen-bond donors (Lipinski definition) is 0. The van der Waals surface area contributed by atoms with Gasteiger partial charge in [-0.1, -0.05) is 17.9 Å². The topological polar surface area (TPSA) is 22.1 Å². The Bertz CT molecular complexity index is 557. The summed E-state index contributed by atoms with van der Waals surface area (Å²) in [5.74, 6) is 6.91. The normalized spacial score (nSPS) is 9.39. The third kappa shape index (κ3) is 3.80. The fourth-order valence-electron chi connectivity index (χ4n) is 1.44. The van der Waals surface area contributed by atoms with Crippen LogP contribution in [0.2, 0.25) is 0 Å². The first kappa shape index (κ1) is 12.5. The van der Waals surface area contributed by atoms with Gasteiger partial charge in [0.25, 0.3) is 0 Å². The Kier molecular flexibility index (Phi) is 4.63. The fourth-order valence-corrected chi connectivity index (χ4v) is 1.51. The molecule has 2 nitrogen and oxygen atoms in total. The minimum absolute atomic E-state index is 0.335. The van der Waals surface area contributed by atoms with E-state index in [4.69, 9.17) is 16.3 Å². The number of halogens is 1. The maximum Gasteiger partial charge on any atom is 0.121 e. The van der Waals surface area contributed by atoms with E-state index in [1.165, 1.54) is 0 Å². The minimum atomic E-state index is 0.335. The number of benzene rings is 1. The first-order chi connectivity index (χ1) is 8.88. The maximum absolute atomic E-state index is 5.68. The third-order valence-corrected chi connectivity index (χ3v) is 2.42. The molecule has 0 atom stereocenters. The molecule has 0 saturated carbocycles. The number of pyridine rings is 1. The van der Waals surface area contributed by atoms with Crippen molar-refractivity contribution in [3.05, 3.63) is 59.9 Å². The van der Waals surface area contributed by atoms with E-state index in [0.29, 0.717) is 12.5 Å². The molecule has 1 aromatic heterocycles. The molecule has 0 aliphatic rings. The predicted molar refractivity (Wildman–Crippen MR) is 72.6 cm³/mol. The lowest BCUT2D eigenvalue weighted by atomic mass is 10.2. The van der Waals surface area contributed by atoms with Crippen LogP contribution in [0.1, 0.15) is 11.1 Å². The van der Waals surface area contributed by atoms with Crippen molar-refractivity contribution < 1.29 is 4.74 Å². The van der Waals surface area contributed by atoms with Crippen LogP contribution in [-0.2, 0) is 6.61 Å². The van der Waals surface area contributed by atoms with Crippen molar-refractivity contribution in [2.45, 2.75) is 6.61 Å². The van der Waals surface area contributed by atoms with Crippen LogP contribution in [-0.4, -0.2) is 10.9 Å². The van der Waals surface area contributed by atoms with E-state index in [9.17, 15) is 0 Å². The average molecular weight is 258 g/mol. The second-order valence-electron chi connectivity index (χ2n) is 3.61. The maximum atomic E-state index is 5.68. The summed E-state index contributed by atoms with van der Waals surface area (Å²) >= 11 is 5.52. The monoisotopic (exact) mass is 257 g/mol. The molecular formula is C15H12ClNO. The van der Waals surface area contributed by atoms with Crippen LogP contribution in [0.4, 0.5) is 0 Å². The molecule has 1 aromatic carbocycles. The zero-order valence-electron chi connectivity index (χ0n) is 9.77. The molecule has 0 spiro atoms. The quantitative estimate of drug-likeness (QED) is 0.622. The highest BCUT2D eigenvalue weighted by Gasteiger charge is 1.96. The molecule has 0 N–H and O–H groups in total. The van der Waals surface area contributed by atoms with Gasteiger partial charge in [0.15, 0.2) is 0 Å². The summed E-state index contributed by atoms with van der Waals surface area (Å²) in [4.78, 5) is 3.96. The molecule has 3 heteroatoms. The van der Waals surface area contributed by atoms with Crippen molar-refractivity contribution in [2.75, 3.05) is 5.88 Å². The van der Waals surface area contributed by atoms with Gasteiger partial charge in [-0.15, -0.1) is 11.6 Å². The highest BCUT2D eigenvalue weighted by atomic mass is 35.5. The molecule has 0 fully saturated rings. The lowest BCUT2D eigenvalue weighted by molar-refractivity contribution is 0.306. The Balaban J connectivity index is 2.01. The number of aromatic nitrogens is 1. The van der Waals surface area contributed by atoms with Gasteiger partial charge in [0.05, 0.1) is 5.88 Å². The summed E-state index contributed by atoms with van der Waals surface area (Å²) < 4.78 is 5.68. The molecule has 1 heterocycles. The van der Waals surface area contributed by atoms with Crippen LogP contribution in [0.3, 0.4) is 0 Å². The number of hydrogen-bond acceptors (Lipinski definition) is 2. The second kappa shape index (κ2) is 6.68. The van der Waals surface area contributed by atoms with Gasteiger partial charge in [0.2, 0.25) is 0 Å². The Morgan fingerprint density at radius 1 is 1.17 bits per heavy atom. The molecule has 90 valence electrons. The number of ether oxygens (including phenoxy) is 1. The lowest BCUT2D eigenvalue weighted by Gasteiger charge is -2.06. The van der Waals surface area contributed by atoms with E-state index in [1.807, 2.05) is 36.4 Å². The predicted octanol–water partition coefficient (Wildman–Crippen LogP) is 3.25. The standard InChI is InChI=1S/C15H12ClNO/c16-8-2-4-13-3-1-5-15(11-13)18-12-14-6-9-17-10-7-14/h1,3,5-7,9-11H,8,12H2. The molecule has 0 aliphatic carbocycles. The molecule has 0 radical (unpaired) electrons. The van der Waals surface area contributed by atoms with Crippen LogP contribution in [0.15, 0.2) is 48.8 Å². The van der Waals surface area contributed by atoms with Crippen LogP contribution in [0.5, 0.6) is 5.75 Å². The zero-order chi connectivity index (χ0) is 12.6. The van der Waals surface area contributed by atoms with Crippen molar-refractivity contribution in [3.63, 3.8) is 0 Å². The Labute approximate surface area is 112 Å². The van der Waals surface area contributed by atoms with Crippen LogP contribution < -0.4 is 4.74 Å². The first-order valence-electron chi connectivity index (χ1n) is 5.55. The van der Waals surface area contributed by atoms with Crippen molar-refractivity contribution in [1.82, 2.24) is 4.98 Å². The summed E-state index contributed by atoms with van der Waals surface area (Å²) in [6.45, 7) is 0.523. The van der Waals surface area contributed by atoms with Gasteiger partial charge in [0, 0.05) is 18.0 Å². The molecule has 2 rings (SSSR count). The van der Waals surface area contributed by atoms with Gasteiger partial charge in [-0.3, -0.25) is 4.98 Å². The zero-order valence-corrected chi connectivity index (χ0v) is 10.5. The summed E-state index contributed by atoms with van der Waals surface area (Å²) in [6, 6.07) is 11.5. The molecule has 0 unspecified atom stereocenters. The summed E-state index contributed by atoms with van der Waals surface area (Å²) in [5, 5.41) is 0. The Morgan fingerprint density at radius 3 is 2.78 bits per heavy atom. The summed E-state index contributed by atoms with van der Waals surface area (Å²) in [5.41, 5.74) is 1.99. The molecule has 0 saturated heterocycles. The largest absolute Gasteiger partial charge is 0.489 e. The van der Waals surface area contributed by atoms with Gasteiger partial charge in [-0.2, -0.15) is 0 Å².